The van der Waals surface area contributed by atoms with E-state index >= 15 is 0 Å². The zero-order valence-electron chi connectivity index (χ0n) is 20.0. The van der Waals surface area contributed by atoms with Crippen molar-refractivity contribution >= 4 is 34.5 Å². The van der Waals surface area contributed by atoms with Gasteiger partial charge in [0.25, 0.3) is 5.91 Å². The van der Waals surface area contributed by atoms with Gasteiger partial charge in [0.1, 0.15) is 17.0 Å². The molecule has 3 atom stereocenters. The molecule has 2 fully saturated rings. The molecular weight excluding hydrogens is 454 g/mol. The molecule has 2 amide bonds. The summed E-state index contributed by atoms with van der Waals surface area (Å²) in [5.74, 6) is 0.513. The maximum absolute atomic E-state index is 13.6. The summed E-state index contributed by atoms with van der Waals surface area (Å²) >= 11 is 6.34. The van der Waals surface area contributed by atoms with Crippen LogP contribution in [0, 0.1) is 0 Å². The number of hydrogen-bond donors (Lipinski definition) is 1. The van der Waals surface area contributed by atoms with Crippen molar-refractivity contribution in [2.75, 3.05) is 13.1 Å². The van der Waals surface area contributed by atoms with Crippen LogP contribution in [0.5, 0.6) is 5.75 Å². The summed E-state index contributed by atoms with van der Waals surface area (Å²) in [6.45, 7) is 4.75. The first-order valence-corrected chi connectivity index (χ1v) is 12.8. The second kappa shape index (κ2) is 10.8. The average Bonchev–Trinajstić information content (AvgIpc) is 3.03. The fraction of sp³-hybridized carbons (Fsp3) is 0.577. The number of carbonyl (C=O) groups is 2. The smallest absolute Gasteiger partial charge is 0.407 e. The number of carbonyl (C=O) groups excluding carboxylic acids is 1. The summed E-state index contributed by atoms with van der Waals surface area (Å²) in [6, 6.07) is 9.25. The minimum Gasteiger partial charge on any atom is -0.488 e. The first kappa shape index (κ1) is 24.6. The second-order valence-electron chi connectivity index (χ2n) is 9.70. The van der Waals surface area contributed by atoms with E-state index in [2.05, 4.69) is 0 Å². The summed E-state index contributed by atoms with van der Waals surface area (Å²) in [7, 11) is 0. The number of carboxylic acid groups (broad SMARTS) is 1. The number of aromatic nitrogens is 1. The van der Waals surface area contributed by atoms with E-state index in [0.717, 1.165) is 50.3 Å². The Morgan fingerprint density at radius 1 is 1.12 bits per heavy atom. The Morgan fingerprint density at radius 3 is 2.71 bits per heavy atom. The van der Waals surface area contributed by atoms with E-state index in [1.165, 1.54) is 4.90 Å². The van der Waals surface area contributed by atoms with Crippen molar-refractivity contribution in [2.45, 2.75) is 82.4 Å². The topological polar surface area (TPSA) is 83.0 Å². The second-order valence-corrected chi connectivity index (χ2v) is 10.3. The SMILES string of the molecule is CC(C)N(C(=O)c1ccc2cccc(OC3CCCC(Cl)CC3)c2n1)C1CCCN(C(=O)O)C1. The van der Waals surface area contributed by atoms with Crippen LogP contribution in [0.25, 0.3) is 10.9 Å². The first-order chi connectivity index (χ1) is 16.3. The third-order valence-corrected chi connectivity index (χ3v) is 7.33. The van der Waals surface area contributed by atoms with Gasteiger partial charge in [-0.2, -0.15) is 0 Å². The normalized spacial score (nSPS) is 23.5. The molecule has 3 unspecified atom stereocenters. The molecule has 1 N–H and O–H groups in total. The third-order valence-electron chi connectivity index (χ3n) is 6.89. The van der Waals surface area contributed by atoms with Gasteiger partial charge >= 0.3 is 6.09 Å². The molecule has 34 heavy (non-hydrogen) atoms. The lowest BCUT2D eigenvalue weighted by atomic mass is 10.0. The molecule has 0 bridgehead atoms. The number of halogens is 1. The summed E-state index contributed by atoms with van der Waals surface area (Å²) in [6.07, 6.45) is 5.52. The molecule has 1 aromatic carbocycles. The molecule has 1 aliphatic heterocycles. The maximum atomic E-state index is 13.6. The number of rotatable bonds is 5. The van der Waals surface area contributed by atoms with Crippen LogP contribution < -0.4 is 4.74 Å². The number of likely N-dealkylation sites (tertiary alicyclic amines) is 1. The number of nitrogens with zero attached hydrogens (tertiary/aromatic N) is 3. The number of fused-ring (bicyclic) bond motifs is 1. The van der Waals surface area contributed by atoms with Gasteiger partial charge in [0.2, 0.25) is 0 Å². The van der Waals surface area contributed by atoms with E-state index in [-0.39, 0.29) is 29.5 Å². The Morgan fingerprint density at radius 2 is 1.94 bits per heavy atom. The predicted octanol–water partition coefficient (Wildman–Crippen LogP) is 5.55. The predicted molar refractivity (Wildman–Crippen MR) is 133 cm³/mol. The standard InChI is InChI=1S/C26H34ClN3O4/c1-17(2)30(20-8-5-15-29(16-20)26(32)33)25(31)22-14-11-18-6-3-10-23(24(18)28-22)34-21-9-4-7-19(27)12-13-21/h3,6,10-11,14,17,19-21H,4-5,7-9,12-13,15-16H2,1-2H3,(H,32,33). The van der Waals surface area contributed by atoms with Crippen LogP contribution in [0.4, 0.5) is 4.79 Å². The van der Waals surface area contributed by atoms with Gasteiger partial charge in [0.05, 0.1) is 12.1 Å². The third kappa shape index (κ3) is 5.57. The lowest BCUT2D eigenvalue weighted by Gasteiger charge is -2.40. The summed E-state index contributed by atoms with van der Waals surface area (Å²) in [5, 5.41) is 10.6. The van der Waals surface area contributed by atoms with Crippen molar-refractivity contribution in [1.29, 1.82) is 0 Å². The summed E-state index contributed by atoms with van der Waals surface area (Å²) in [4.78, 5) is 33.1. The van der Waals surface area contributed by atoms with E-state index in [4.69, 9.17) is 21.3 Å². The van der Waals surface area contributed by atoms with Gasteiger partial charge in [-0.25, -0.2) is 9.78 Å². The minimum absolute atomic E-state index is 0.0790. The van der Waals surface area contributed by atoms with Crippen molar-refractivity contribution in [3.63, 3.8) is 0 Å². The monoisotopic (exact) mass is 487 g/mol. The van der Waals surface area contributed by atoms with Crippen LogP contribution in [0.1, 0.15) is 69.3 Å². The highest BCUT2D eigenvalue weighted by atomic mass is 35.5. The van der Waals surface area contributed by atoms with E-state index in [0.29, 0.717) is 30.0 Å². The highest BCUT2D eigenvalue weighted by Crippen LogP contribution is 2.30. The lowest BCUT2D eigenvalue weighted by molar-refractivity contribution is 0.0445. The van der Waals surface area contributed by atoms with Crippen molar-refractivity contribution < 1.29 is 19.4 Å². The van der Waals surface area contributed by atoms with E-state index in [1.54, 1.807) is 11.0 Å². The number of benzene rings is 1. The molecule has 8 heteroatoms. The van der Waals surface area contributed by atoms with Gasteiger partial charge in [-0.05, 0) is 70.9 Å². The Kier molecular flexibility index (Phi) is 7.81. The van der Waals surface area contributed by atoms with Gasteiger partial charge in [0, 0.05) is 29.9 Å². The van der Waals surface area contributed by atoms with Gasteiger partial charge < -0.3 is 19.6 Å². The number of hydrogen-bond acceptors (Lipinski definition) is 4. The average molecular weight is 488 g/mol. The summed E-state index contributed by atoms with van der Waals surface area (Å²) in [5.41, 5.74) is 1.03. The zero-order chi connectivity index (χ0) is 24.2. The molecule has 4 rings (SSSR count). The molecule has 1 aromatic heterocycles. The Labute approximate surface area is 206 Å². The highest BCUT2D eigenvalue weighted by Gasteiger charge is 2.33. The van der Waals surface area contributed by atoms with E-state index in [1.807, 2.05) is 38.1 Å². The van der Waals surface area contributed by atoms with E-state index in [9.17, 15) is 14.7 Å². The van der Waals surface area contributed by atoms with Crippen LogP contribution in [0.15, 0.2) is 30.3 Å². The molecule has 1 saturated heterocycles. The number of piperidine rings is 1. The van der Waals surface area contributed by atoms with Crippen LogP contribution in [-0.4, -0.2) is 68.5 Å². The van der Waals surface area contributed by atoms with Gasteiger partial charge in [-0.1, -0.05) is 18.2 Å². The van der Waals surface area contributed by atoms with Gasteiger partial charge in [-0.15, -0.1) is 11.6 Å². The van der Waals surface area contributed by atoms with Crippen molar-refractivity contribution in [3.05, 3.63) is 36.0 Å². The van der Waals surface area contributed by atoms with E-state index < -0.39 is 6.09 Å². The lowest BCUT2D eigenvalue weighted by Crippen LogP contribution is -2.53. The Hall–Kier alpha value is -2.54. The van der Waals surface area contributed by atoms with Crippen molar-refractivity contribution in [2.24, 2.45) is 0 Å². The van der Waals surface area contributed by atoms with Crippen LogP contribution >= 0.6 is 11.6 Å². The largest absolute Gasteiger partial charge is 0.488 e. The summed E-state index contributed by atoms with van der Waals surface area (Å²) < 4.78 is 6.38. The van der Waals surface area contributed by atoms with Crippen LogP contribution in [-0.2, 0) is 0 Å². The quantitative estimate of drug-likeness (QED) is 0.441. The molecule has 0 spiro atoms. The molecule has 7 nitrogen and oxygen atoms in total. The van der Waals surface area contributed by atoms with Gasteiger partial charge in [-0.3, -0.25) is 4.79 Å². The molecule has 1 aliphatic carbocycles. The first-order valence-electron chi connectivity index (χ1n) is 12.3. The van der Waals surface area contributed by atoms with Crippen LogP contribution in [0.2, 0.25) is 0 Å². The number of pyridine rings is 1. The number of para-hydroxylation sites is 1. The molecule has 2 aliphatic rings. The minimum atomic E-state index is -0.939. The number of ether oxygens (including phenoxy) is 1. The van der Waals surface area contributed by atoms with Crippen LogP contribution in [0.3, 0.4) is 0 Å². The molecule has 0 radical (unpaired) electrons. The zero-order valence-corrected chi connectivity index (χ0v) is 20.7. The Balaban J connectivity index is 1.59. The fourth-order valence-corrected chi connectivity index (χ4v) is 5.44. The molecule has 2 aromatic rings. The van der Waals surface area contributed by atoms with Crippen molar-refractivity contribution in [1.82, 2.24) is 14.8 Å². The molecule has 2 heterocycles. The Bertz CT molecular complexity index is 1030. The maximum Gasteiger partial charge on any atom is 0.407 e. The number of alkyl halides is 1. The number of amides is 2. The molecule has 184 valence electrons. The molecular formula is C26H34ClN3O4. The highest BCUT2D eigenvalue weighted by molar-refractivity contribution is 6.20. The fourth-order valence-electron chi connectivity index (χ4n) is 5.16. The molecule has 1 saturated carbocycles. The van der Waals surface area contributed by atoms with Gasteiger partial charge in [0.15, 0.2) is 0 Å². The van der Waals surface area contributed by atoms with Crippen molar-refractivity contribution in [3.8, 4) is 5.75 Å².